The summed E-state index contributed by atoms with van der Waals surface area (Å²) < 4.78 is 6.37. The summed E-state index contributed by atoms with van der Waals surface area (Å²) >= 11 is 0. The summed E-state index contributed by atoms with van der Waals surface area (Å²) in [5, 5.41) is 0. The number of aryl methyl sites for hydroxylation is 1. The number of carbonyl (C=O) groups excluding carboxylic acids is 1. The normalized spacial score (nSPS) is 12.9. The second-order valence-corrected chi connectivity index (χ2v) is 3.76. The molecule has 0 fully saturated rings. The van der Waals surface area contributed by atoms with Gasteiger partial charge >= 0.3 is 5.76 Å². The van der Waals surface area contributed by atoms with Gasteiger partial charge < -0.3 is 10.2 Å². The SMILES string of the molecule is CC(N)C(=O)c1ccc2c(c1)oc(=O)n2C. The van der Waals surface area contributed by atoms with E-state index in [9.17, 15) is 9.59 Å². The number of carbonyl (C=O) groups is 1. The van der Waals surface area contributed by atoms with Crippen molar-refractivity contribution in [3.63, 3.8) is 0 Å². The molecule has 1 aromatic carbocycles. The Morgan fingerprint density at radius 3 is 2.81 bits per heavy atom. The fourth-order valence-corrected chi connectivity index (χ4v) is 1.55. The van der Waals surface area contributed by atoms with Crippen LogP contribution in [0.4, 0.5) is 0 Å². The quantitative estimate of drug-likeness (QED) is 0.754. The van der Waals surface area contributed by atoms with E-state index in [1.54, 1.807) is 32.2 Å². The zero-order chi connectivity index (χ0) is 11.9. The highest BCUT2D eigenvalue weighted by molar-refractivity contribution is 6.01. The maximum absolute atomic E-state index is 11.6. The Labute approximate surface area is 91.5 Å². The van der Waals surface area contributed by atoms with Gasteiger partial charge in [-0.2, -0.15) is 0 Å². The van der Waals surface area contributed by atoms with E-state index in [-0.39, 0.29) is 5.78 Å². The topological polar surface area (TPSA) is 78.2 Å². The van der Waals surface area contributed by atoms with Gasteiger partial charge in [0.2, 0.25) is 0 Å². The molecule has 84 valence electrons. The first-order valence-electron chi connectivity index (χ1n) is 4.90. The van der Waals surface area contributed by atoms with Crippen molar-refractivity contribution in [2.24, 2.45) is 12.8 Å². The second kappa shape index (κ2) is 3.61. The molecule has 1 aromatic heterocycles. The Morgan fingerprint density at radius 2 is 2.19 bits per heavy atom. The smallest absolute Gasteiger partial charge is 0.408 e. The van der Waals surface area contributed by atoms with Crippen LogP contribution in [-0.2, 0) is 7.05 Å². The van der Waals surface area contributed by atoms with Crippen LogP contribution < -0.4 is 11.5 Å². The largest absolute Gasteiger partial charge is 0.419 e. The predicted octanol–water partition coefficient (Wildman–Crippen LogP) is 0.661. The zero-order valence-corrected chi connectivity index (χ0v) is 9.06. The molecular weight excluding hydrogens is 208 g/mol. The fraction of sp³-hybridized carbons (Fsp3) is 0.273. The van der Waals surface area contributed by atoms with E-state index in [1.807, 2.05) is 0 Å². The fourth-order valence-electron chi connectivity index (χ4n) is 1.55. The molecule has 0 amide bonds. The molecule has 0 aliphatic heterocycles. The monoisotopic (exact) mass is 220 g/mol. The van der Waals surface area contributed by atoms with Crippen molar-refractivity contribution in [1.82, 2.24) is 4.57 Å². The standard InChI is InChI=1S/C11H12N2O3/c1-6(12)10(14)7-3-4-8-9(5-7)16-11(15)13(8)2/h3-6H,12H2,1-2H3. The lowest BCUT2D eigenvalue weighted by Gasteiger charge is -2.03. The highest BCUT2D eigenvalue weighted by Gasteiger charge is 2.13. The van der Waals surface area contributed by atoms with E-state index in [2.05, 4.69) is 0 Å². The van der Waals surface area contributed by atoms with Crippen LogP contribution in [0, 0.1) is 0 Å². The minimum atomic E-state index is -0.562. The molecule has 0 saturated heterocycles. The number of oxazole rings is 1. The lowest BCUT2D eigenvalue weighted by molar-refractivity contribution is 0.0968. The maximum atomic E-state index is 11.6. The van der Waals surface area contributed by atoms with Crippen molar-refractivity contribution >= 4 is 16.9 Å². The van der Waals surface area contributed by atoms with E-state index in [0.717, 1.165) is 0 Å². The van der Waals surface area contributed by atoms with Crippen LogP contribution in [0.15, 0.2) is 27.4 Å². The van der Waals surface area contributed by atoms with Crippen LogP contribution in [0.5, 0.6) is 0 Å². The Morgan fingerprint density at radius 1 is 1.50 bits per heavy atom. The number of ketones is 1. The average Bonchev–Trinajstić information content (AvgIpc) is 2.53. The lowest BCUT2D eigenvalue weighted by atomic mass is 10.1. The summed E-state index contributed by atoms with van der Waals surface area (Å²) in [6, 6.07) is 4.30. The first-order chi connectivity index (χ1) is 7.50. The van der Waals surface area contributed by atoms with E-state index >= 15 is 0 Å². The number of benzene rings is 1. The summed E-state index contributed by atoms with van der Waals surface area (Å²) in [4.78, 5) is 22.9. The molecule has 1 atom stereocenters. The molecule has 0 aliphatic rings. The van der Waals surface area contributed by atoms with E-state index in [4.69, 9.17) is 10.2 Å². The van der Waals surface area contributed by atoms with E-state index in [0.29, 0.717) is 16.7 Å². The molecule has 1 heterocycles. The van der Waals surface area contributed by atoms with Crippen LogP contribution in [0.3, 0.4) is 0 Å². The number of rotatable bonds is 2. The third-order valence-electron chi connectivity index (χ3n) is 2.49. The van der Waals surface area contributed by atoms with Gasteiger partial charge in [0.1, 0.15) is 0 Å². The Kier molecular flexibility index (Phi) is 2.40. The van der Waals surface area contributed by atoms with Crippen molar-refractivity contribution in [2.45, 2.75) is 13.0 Å². The van der Waals surface area contributed by atoms with Gasteiger partial charge in [-0.3, -0.25) is 9.36 Å². The number of aromatic nitrogens is 1. The van der Waals surface area contributed by atoms with Gasteiger partial charge in [-0.15, -0.1) is 0 Å². The molecule has 0 saturated carbocycles. The summed E-state index contributed by atoms with van der Waals surface area (Å²) in [5.74, 6) is -0.617. The molecule has 2 aromatic rings. The van der Waals surface area contributed by atoms with Crippen LogP contribution in [0.1, 0.15) is 17.3 Å². The zero-order valence-electron chi connectivity index (χ0n) is 9.06. The Balaban J connectivity index is 2.61. The van der Waals surface area contributed by atoms with Crippen LogP contribution in [0.2, 0.25) is 0 Å². The number of hydrogen-bond donors (Lipinski definition) is 1. The van der Waals surface area contributed by atoms with Gasteiger partial charge in [0, 0.05) is 12.6 Å². The first-order valence-corrected chi connectivity index (χ1v) is 4.90. The van der Waals surface area contributed by atoms with E-state index < -0.39 is 11.8 Å². The summed E-state index contributed by atoms with van der Waals surface area (Å²) in [5.41, 5.74) is 7.02. The highest BCUT2D eigenvalue weighted by atomic mass is 16.4. The third kappa shape index (κ3) is 1.55. The minimum absolute atomic E-state index is 0.173. The van der Waals surface area contributed by atoms with Gasteiger partial charge in [-0.05, 0) is 25.1 Å². The molecule has 5 nitrogen and oxygen atoms in total. The molecular formula is C11H12N2O3. The molecule has 1 unspecified atom stereocenters. The van der Waals surface area contributed by atoms with Gasteiger partial charge in [0.15, 0.2) is 11.4 Å². The lowest BCUT2D eigenvalue weighted by Crippen LogP contribution is -2.26. The molecule has 2 N–H and O–H groups in total. The van der Waals surface area contributed by atoms with E-state index in [1.165, 1.54) is 4.57 Å². The molecule has 0 radical (unpaired) electrons. The van der Waals surface area contributed by atoms with Crippen molar-refractivity contribution < 1.29 is 9.21 Å². The number of fused-ring (bicyclic) bond motifs is 1. The highest BCUT2D eigenvalue weighted by Crippen LogP contribution is 2.15. The Bertz CT molecular complexity index is 607. The van der Waals surface area contributed by atoms with Crippen molar-refractivity contribution in [3.05, 3.63) is 34.3 Å². The number of hydrogen-bond acceptors (Lipinski definition) is 4. The number of Topliss-reactive ketones (excluding diaryl/α,β-unsaturated/α-hetero) is 1. The molecule has 0 spiro atoms. The van der Waals surface area contributed by atoms with Crippen LogP contribution >= 0.6 is 0 Å². The molecule has 2 rings (SSSR count). The maximum Gasteiger partial charge on any atom is 0.419 e. The van der Waals surface area contributed by atoms with Crippen molar-refractivity contribution in [1.29, 1.82) is 0 Å². The van der Waals surface area contributed by atoms with Gasteiger partial charge in [0.25, 0.3) is 0 Å². The van der Waals surface area contributed by atoms with Crippen LogP contribution in [0.25, 0.3) is 11.1 Å². The molecule has 16 heavy (non-hydrogen) atoms. The van der Waals surface area contributed by atoms with Crippen LogP contribution in [-0.4, -0.2) is 16.4 Å². The predicted molar refractivity (Wildman–Crippen MR) is 59.4 cm³/mol. The molecule has 5 heteroatoms. The average molecular weight is 220 g/mol. The number of nitrogens with zero attached hydrogens (tertiary/aromatic N) is 1. The summed E-state index contributed by atoms with van der Waals surface area (Å²) in [6.07, 6.45) is 0. The first kappa shape index (κ1) is 10.6. The summed E-state index contributed by atoms with van der Waals surface area (Å²) in [6.45, 7) is 1.62. The molecule has 0 bridgehead atoms. The summed E-state index contributed by atoms with van der Waals surface area (Å²) in [7, 11) is 1.61. The minimum Gasteiger partial charge on any atom is -0.408 e. The Hall–Kier alpha value is -1.88. The second-order valence-electron chi connectivity index (χ2n) is 3.76. The molecule has 0 aliphatic carbocycles. The number of nitrogens with two attached hydrogens (primary N) is 1. The van der Waals surface area contributed by atoms with Gasteiger partial charge in [0.05, 0.1) is 11.6 Å². The third-order valence-corrected chi connectivity index (χ3v) is 2.49. The van der Waals surface area contributed by atoms with Crippen molar-refractivity contribution in [3.8, 4) is 0 Å². The van der Waals surface area contributed by atoms with Crippen molar-refractivity contribution in [2.75, 3.05) is 0 Å². The van der Waals surface area contributed by atoms with Gasteiger partial charge in [-0.25, -0.2) is 4.79 Å². The van der Waals surface area contributed by atoms with Gasteiger partial charge in [-0.1, -0.05) is 0 Å².